The summed E-state index contributed by atoms with van der Waals surface area (Å²) in [5.74, 6) is -1.17. The van der Waals surface area contributed by atoms with Crippen molar-refractivity contribution in [1.82, 2.24) is 39.5 Å². The average molecular weight is 346 g/mol. The third-order valence-corrected chi connectivity index (χ3v) is 3.41. The Morgan fingerprint density at radius 3 is 2.64 bits per heavy atom. The normalized spacial score (nSPS) is 12.0. The summed E-state index contributed by atoms with van der Waals surface area (Å²) in [5.41, 5.74) is 1.86. The molecular weight excluding hydrogens is 337 g/mol. The maximum absolute atomic E-state index is 12.7. The first-order chi connectivity index (χ1) is 12.0. The van der Waals surface area contributed by atoms with Gasteiger partial charge in [-0.05, 0) is 11.6 Å². The van der Waals surface area contributed by atoms with E-state index in [4.69, 9.17) is 0 Å². The molecular formula is C14H9F3N8. The standard InChI is InChI=1S/C14H9F3N8/c15-14(16,17)13-22-10(23-24-13)12-21-9(4-8-5-18-7-19-6-8)11-20-2-1-3-25(11)12/h1-3,5-7H,4H2,(H,22,23,24). The van der Waals surface area contributed by atoms with Crippen molar-refractivity contribution in [3.8, 4) is 11.6 Å². The summed E-state index contributed by atoms with van der Waals surface area (Å²) in [6, 6.07) is 1.64. The third-order valence-electron chi connectivity index (χ3n) is 3.41. The SMILES string of the molecule is FC(F)(F)c1nc(-c2nc(Cc3cncnc3)c3ncccn23)n[nH]1. The molecule has 0 saturated carbocycles. The highest BCUT2D eigenvalue weighted by molar-refractivity contribution is 5.57. The summed E-state index contributed by atoms with van der Waals surface area (Å²) < 4.78 is 39.8. The molecule has 4 rings (SSSR count). The average Bonchev–Trinajstić information content (AvgIpc) is 3.21. The van der Waals surface area contributed by atoms with Crippen LogP contribution in [0.5, 0.6) is 0 Å². The lowest BCUT2D eigenvalue weighted by Gasteiger charge is -1.98. The van der Waals surface area contributed by atoms with Crippen LogP contribution in [0.25, 0.3) is 17.3 Å². The molecule has 0 atom stereocenters. The maximum atomic E-state index is 12.7. The van der Waals surface area contributed by atoms with Crippen molar-refractivity contribution in [1.29, 1.82) is 0 Å². The van der Waals surface area contributed by atoms with Gasteiger partial charge in [-0.15, -0.1) is 5.10 Å². The number of fused-ring (bicyclic) bond motifs is 1. The summed E-state index contributed by atoms with van der Waals surface area (Å²) in [5, 5.41) is 5.52. The minimum absolute atomic E-state index is 0.161. The lowest BCUT2D eigenvalue weighted by Crippen LogP contribution is -2.07. The molecule has 0 aliphatic heterocycles. The van der Waals surface area contributed by atoms with E-state index < -0.39 is 12.0 Å². The molecule has 11 heteroatoms. The zero-order valence-electron chi connectivity index (χ0n) is 12.4. The number of imidazole rings is 1. The Morgan fingerprint density at radius 1 is 1.12 bits per heavy atom. The maximum Gasteiger partial charge on any atom is 0.451 e. The van der Waals surface area contributed by atoms with Gasteiger partial charge in [-0.2, -0.15) is 13.2 Å². The van der Waals surface area contributed by atoms with Gasteiger partial charge in [-0.3, -0.25) is 9.50 Å². The first kappa shape index (κ1) is 15.2. The second kappa shape index (κ2) is 5.61. The minimum Gasteiger partial charge on any atom is -0.281 e. The first-order valence-corrected chi connectivity index (χ1v) is 7.08. The zero-order valence-corrected chi connectivity index (χ0v) is 12.4. The van der Waals surface area contributed by atoms with Crippen LogP contribution >= 0.6 is 0 Å². The van der Waals surface area contributed by atoms with Gasteiger partial charge in [0.15, 0.2) is 11.5 Å². The van der Waals surface area contributed by atoms with E-state index in [9.17, 15) is 13.2 Å². The number of alkyl halides is 3. The number of H-pyrrole nitrogens is 1. The molecule has 0 saturated heterocycles. The third kappa shape index (κ3) is 2.79. The molecule has 0 spiro atoms. The Morgan fingerprint density at radius 2 is 1.92 bits per heavy atom. The molecule has 126 valence electrons. The van der Waals surface area contributed by atoms with Gasteiger partial charge in [0.2, 0.25) is 11.6 Å². The zero-order chi connectivity index (χ0) is 17.4. The van der Waals surface area contributed by atoms with Crippen LogP contribution in [-0.2, 0) is 12.6 Å². The van der Waals surface area contributed by atoms with Crippen molar-refractivity contribution in [3.05, 3.63) is 54.3 Å². The fourth-order valence-corrected chi connectivity index (χ4v) is 2.37. The fraction of sp³-hybridized carbons (Fsp3) is 0.143. The number of nitrogens with one attached hydrogen (secondary N) is 1. The number of hydrogen-bond donors (Lipinski definition) is 1. The molecule has 0 unspecified atom stereocenters. The van der Waals surface area contributed by atoms with E-state index in [1.165, 1.54) is 6.33 Å². The van der Waals surface area contributed by atoms with Crippen LogP contribution in [0.3, 0.4) is 0 Å². The molecule has 0 bridgehead atoms. The van der Waals surface area contributed by atoms with Crippen LogP contribution < -0.4 is 0 Å². The summed E-state index contributed by atoms with van der Waals surface area (Å²) in [6.45, 7) is 0. The van der Waals surface area contributed by atoms with E-state index in [1.807, 2.05) is 5.10 Å². The van der Waals surface area contributed by atoms with Gasteiger partial charge in [0, 0.05) is 31.2 Å². The summed E-state index contributed by atoms with van der Waals surface area (Å²) >= 11 is 0. The molecule has 0 fully saturated rings. The fourth-order valence-electron chi connectivity index (χ4n) is 2.37. The van der Waals surface area contributed by atoms with Gasteiger partial charge in [-0.1, -0.05) is 0 Å². The predicted molar refractivity (Wildman–Crippen MR) is 78.2 cm³/mol. The van der Waals surface area contributed by atoms with Gasteiger partial charge in [0.1, 0.15) is 6.33 Å². The monoisotopic (exact) mass is 346 g/mol. The van der Waals surface area contributed by atoms with Crippen LogP contribution in [0.15, 0.2) is 37.2 Å². The Bertz CT molecular complexity index is 1020. The minimum atomic E-state index is -4.61. The number of rotatable bonds is 3. The molecule has 0 radical (unpaired) electrons. The molecule has 0 aliphatic carbocycles. The van der Waals surface area contributed by atoms with Crippen LogP contribution in [-0.4, -0.2) is 39.5 Å². The number of aromatic nitrogens is 8. The molecule has 4 heterocycles. The first-order valence-electron chi connectivity index (χ1n) is 7.08. The van der Waals surface area contributed by atoms with Crippen molar-refractivity contribution < 1.29 is 13.2 Å². The van der Waals surface area contributed by atoms with E-state index in [2.05, 4.69) is 30.0 Å². The highest BCUT2D eigenvalue weighted by Gasteiger charge is 2.36. The number of nitrogens with zero attached hydrogens (tertiary/aromatic N) is 7. The molecule has 25 heavy (non-hydrogen) atoms. The summed E-state index contributed by atoms with van der Waals surface area (Å²) in [7, 11) is 0. The van der Waals surface area contributed by atoms with Crippen molar-refractivity contribution >= 4 is 5.65 Å². The summed E-state index contributed by atoms with van der Waals surface area (Å²) in [4.78, 5) is 20.0. The van der Waals surface area contributed by atoms with E-state index >= 15 is 0 Å². The Kier molecular flexibility index (Phi) is 3.41. The van der Waals surface area contributed by atoms with E-state index in [-0.39, 0.29) is 11.6 Å². The quantitative estimate of drug-likeness (QED) is 0.609. The summed E-state index contributed by atoms with van der Waals surface area (Å²) in [6.07, 6.45) is 3.65. The molecule has 8 nitrogen and oxygen atoms in total. The van der Waals surface area contributed by atoms with Gasteiger partial charge < -0.3 is 0 Å². The largest absolute Gasteiger partial charge is 0.451 e. The van der Waals surface area contributed by atoms with Crippen LogP contribution in [0.2, 0.25) is 0 Å². The van der Waals surface area contributed by atoms with Crippen LogP contribution in [0, 0.1) is 0 Å². The molecule has 4 aromatic rings. The highest BCUT2D eigenvalue weighted by atomic mass is 19.4. The second-order valence-corrected chi connectivity index (χ2v) is 5.12. The highest BCUT2D eigenvalue weighted by Crippen LogP contribution is 2.28. The van der Waals surface area contributed by atoms with Gasteiger partial charge in [0.25, 0.3) is 0 Å². The molecule has 0 aromatic carbocycles. The van der Waals surface area contributed by atoms with Crippen LogP contribution in [0.1, 0.15) is 17.1 Å². The van der Waals surface area contributed by atoms with Gasteiger partial charge >= 0.3 is 6.18 Å². The number of aromatic amines is 1. The smallest absolute Gasteiger partial charge is 0.281 e. The van der Waals surface area contributed by atoms with E-state index in [1.54, 1.807) is 35.3 Å². The van der Waals surface area contributed by atoms with Crippen molar-refractivity contribution in [2.75, 3.05) is 0 Å². The van der Waals surface area contributed by atoms with E-state index in [0.717, 1.165) is 5.56 Å². The van der Waals surface area contributed by atoms with Crippen LogP contribution in [0.4, 0.5) is 13.2 Å². The van der Waals surface area contributed by atoms with Gasteiger partial charge in [-0.25, -0.2) is 24.9 Å². The second-order valence-electron chi connectivity index (χ2n) is 5.12. The Hall–Kier alpha value is -3.37. The van der Waals surface area contributed by atoms with E-state index in [0.29, 0.717) is 17.8 Å². The topological polar surface area (TPSA) is 97.5 Å². The molecule has 0 aliphatic rings. The van der Waals surface area contributed by atoms with Crippen molar-refractivity contribution in [2.45, 2.75) is 12.6 Å². The lowest BCUT2D eigenvalue weighted by atomic mass is 10.2. The number of halogens is 3. The Balaban J connectivity index is 1.81. The van der Waals surface area contributed by atoms with Crippen molar-refractivity contribution in [2.24, 2.45) is 0 Å². The number of hydrogen-bond acceptors (Lipinski definition) is 6. The van der Waals surface area contributed by atoms with Crippen molar-refractivity contribution in [3.63, 3.8) is 0 Å². The lowest BCUT2D eigenvalue weighted by molar-refractivity contribution is -0.144. The van der Waals surface area contributed by atoms with Gasteiger partial charge in [0.05, 0.1) is 5.69 Å². The Labute approximate surface area is 137 Å². The molecule has 0 amide bonds. The molecule has 4 aromatic heterocycles. The predicted octanol–water partition coefficient (Wildman–Crippen LogP) is 1.91. The molecule has 1 N–H and O–H groups in total.